The molecule has 0 fully saturated rings. The van der Waals surface area contributed by atoms with Gasteiger partial charge >= 0.3 is 0 Å². The van der Waals surface area contributed by atoms with Crippen LogP contribution in [-0.4, -0.2) is 60.0 Å². The van der Waals surface area contributed by atoms with Crippen molar-refractivity contribution in [2.24, 2.45) is 0 Å². The first kappa shape index (κ1) is 28.1. The Morgan fingerprint density at radius 1 is 0.593 bits per heavy atom. The fourth-order valence-corrected chi connectivity index (χ4v) is 2.98. The summed E-state index contributed by atoms with van der Waals surface area (Å²) in [6.07, 6.45) is 0. The van der Waals surface area contributed by atoms with E-state index in [0.717, 1.165) is 11.5 Å². The van der Waals surface area contributed by atoms with E-state index >= 15 is 0 Å². The Hall–Kier alpha value is -1.07. The van der Waals surface area contributed by atoms with Crippen molar-refractivity contribution in [2.45, 2.75) is 80.3 Å². The molecule has 0 aromatic carbocycles. The first-order chi connectivity index (χ1) is 11.7. The number of allylic oxidation sites excluding steroid dienone is 4. The summed E-state index contributed by atoms with van der Waals surface area (Å²) in [5.74, 6) is 1.90. The van der Waals surface area contributed by atoms with Gasteiger partial charge in [-0.1, -0.05) is 0 Å². The van der Waals surface area contributed by atoms with E-state index in [9.17, 15) is 0 Å². The number of methoxy groups -OCH3 is 2. The van der Waals surface area contributed by atoms with Crippen molar-refractivity contribution in [3.63, 3.8) is 0 Å². The third-order valence-corrected chi connectivity index (χ3v) is 6.93. The van der Waals surface area contributed by atoms with Crippen LogP contribution in [0.3, 0.4) is 0 Å². The quantitative estimate of drug-likeness (QED) is 0.338. The third-order valence-electron chi connectivity index (χ3n) is 6.93. The first-order valence-electron chi connectivity index (χ1n) is 9.26. The van der Waals surface area contributed by atoms with Gasteiger partial charge < -0.3 is 9.47 Å². The molecular formula is C22H42CoN2O2+2. The molecule has 5 heteroatoms. The standard InChI is InChI=1S/C22H42N2O2.Co/c1-15(19(5)25-13)17(3)23(11)21(7,8)22(9,10)24(12)18(4)16(2)20(6)26-14;/h1-14H3;/q+2;/b19-15-,20-16-,23-17?,24-18?;. The normalized spacial score (nSPS) is 16.4. The van der Waals surface area contributed by atoms with Gasteiger partial charge in [0.05, 0.1) is 25.4 Å². The Morgan fingerprint density at radius 3 is 1.00 bits per heavy atom. The molecule has 0 aliphatic rings. The summed E-state index contributed by atoms with van der Waals surface area (Å²) in [6, 6.07) is 0. The summed E-state index contributed by atoms with van der Waals surface area (Å²) >= 11 is 0. The van der Waals surface area contributed by atoms with Crippen LogP contribution in [0.4, 0.5) is 0 Å². The molecule has 0 saturated heterocycles. The van der Waals surface area contributed by atoms with Gasteiger partial charge in [-0.15, -0.1) is 0 Å². The van der Waals surface area contributed by atoms with Crippen molar-refractivity contribution in [3.05, 3.63) is 22.7 Å². The molecule has 4 nitrogen and oxygen atoms in total. The second-order valence-corrected chi connectivity index (χ2v) is 8.18. The zero-order chi connectivity index (χ0) is 21.0. The van der Waals surface area contributed by atoms with Gasteiger partial charge in [0, 0.05) is 58.3 Å². The second kappa shape index (κ2) is 10.5. The van der Waals surface area contributed by atoms with E-state index in [-0.39, 0.29) is 27.9 Å². The maximum absolute atomic E-state index is 5.43. The molecule has 0 aromatic heterocycles. The molecule has 0 aliphatic heterocycles. The average Bonchev–Trinajstić information content (AvgIpc) is 2.62. The van der Waals surface area contributed by atoms with E-state index in [0.29, 0.717) is 0 Å². The fourth-order valence-electron chi connectivity index (χ4n) is 2.98. The summed E-state index contributed by atoms with van der Waals surface area (Å²) in [4.78, 5) is 0. The number of rotatable bonds is 7. The summed E-state index contributed by atoms with van der Waals surface area (Å²) < 4.78 is 15.6. The van der Waals surface area contributed by atoms with Crippen molar-refractivity contribution < 1.29 is 35.4 Å². The summed E-state index contributed by atoms with van der Waals surface area (Å²) in [7, 11) is 7.77. The number of hydrogen-bond donors (Lipinski definition) is 0. The molecule has 0 heterocycles. The van der Waals surface area contributed by atoms with Gasteiger partial charge in [-0.2, -0.15) is 0 Å². The summed E-state index contributed by atoms with van der Waals surface area (Å²) in [5, 5.41) is 0. The van der Waals surface area contributed by atoms with Crippen LogP contribution in [-0.2, 0) is 26.3 Å². The predicted molar refractivity (Wildman–Crippen MR) is 113 cm³/mol. The Labute approximate surface area is 178 Å². The molecule has 0 amide bonds. The van der Waals surface area contributed by atoms with Crippen LogP contribution in [0.5, 0.6) is 0 Å². The minimum absolute atomic E-state index is 0. The summed E-state index contributed by atoms with van der Waals surface area (Å²) in [6.45, 7) is 21.7. The molecule has 27 heavy (non-hydrogen) atoms. The molecule has 0 aliphatic carbocycles. The van der Waals surface area contributed by atoms with Crippen LogP contribution < -0.4 is 0 Å². The molecule has 0 atom stereocenters. The van der Waals surface area contributed by atoms with Gasteiger partial charge in [0.25, 0.3) is 0 Å². The van der Waals surface area contributed by atoms with Gasteiger partial charge in [-0.05, 0) is 27.7 Å². The Kier molecular flexibility index (Phi) is 10.9. The van der Waals surface area contributed by atoms with E-state index in [4.69, 9.17) is 9.47 Å². The van der Waals surface area contributed by atoms with Crippen LogP contribution in [0, 0.1) is 0 Å². The number of likely N-dealkylation sites (N-methyl/N-ethyl adjacent to an activating group) is 2. The Morgan fingerprint density at radius 2 is 0.815 bits per heavy atom. The van der Waals surface area contributed by atoms with E-state index in [1.165, 1.54) is 22.6 Å². The Balaban J connectivity index is 0. The first-order valence-corrected chi connectivity index (χ1v) is 9.26. The zero-order valence-corrected chi connectivity index (χ0v) is 21.1. The number of ether oxygens (including phenoxy) is 2. The predicted octanol–water partition coefficient (Wildman–Crippen LogP) is 4.63. The number of hydrogen-bond acceptors (Lipinski definition) is 2. The molecule has 0 unspecified atom stereocenters. The minimum atomic E-state index is -0.135. The molecular weight excluding hydrogens is 383 g/mol. The van der Waals surface area contributed by atoms with E-state index in [1.807, 2.05) is 13.8 Å². The molecule has 0 aromatic rings. The minimum Gasteiger partial charge on any atom is -0.501 e. The molecule has 1 radical (unpaired) electrons. The monoisotopic (exact) mass is 425 g/mol. The average molecular weight is 426 g/mol. The maximum atomic E-state index is 5.43. The molecule has 159 valence electrons. The Bertz CT molecular complexity index is 608. The van der Waals surface area contributed by atoms with Crippen molar-refractivity contribution >= 4 is 11.4 Å². The van der Waals surface area contributed by atoms with Gasteiger partial charge in [0.2, 0.25) is 11.1 Å². The molecule has 0 rings (SSSR count). The van der Waals surface area contributed by atoms with Crippen LogP contribution in [0.1, 0.15) is 69.2 Å². The van der Waals surface area contributed by atoms with Crippen molar-refractivity contribution in [1.82, 2.24) is 0 Å². The fraction of sp³-hybridized carbons (Fsp3) is 0.727. The smallest absolute Gasteiger partial charge is 0.219 e. The third kappa shape index (κ3) is 5.70. The van der Waals surface area contributed by atoms with Gasteiger partial charge in [-0.3, -0.25) is 0 Å². The van der Waals surface area contributed by atoms with Crippen LogP contribution in [0.15, 0.2) is 22.7 Å². The van der Waals surface area contributed by atoms with E-state index in [1.54, 1.807) is 14.2 Å². The van der Waals surface area contributed by atoms with E-state index < -0.39 is 0 Å². The van der Waals surface area contributed by atoms with Crippen molar-refractivity contribution in [3.8, 4) is 0 Å². The van der Waals surface area contributed by atoms with Gasteiger partial charge in [0.1, 0.15) is 25.6 Å². The van der Waals surface area contributed by atoms with Gasteiger partial charge in [0.15, 0.2) is 11.4 Å². The second-order valence-electron chi connectivity index (χ2n) is 8.18. The van der Waals surface area contributed by atoms with Crippen LogP contribution >= 0.6 is 0 Å². The summed E-state index contributed by atoms with van der Waals surface area (Å²) in [5.41, 5.74) is 4.51. The SMILES string of the molecule is CO/C(C)=C(/C)C(C)=[N+](C)C(C)(C)C(C)(C)[N+](C)=C(C)/C(C)=C(/C)OC.[Co]. The van der Waals surface area contributed by atoms with Crippen LogP contribution in [0.2, 0.25) is 0 Å². The van der Waals surface area contributed by atoms with Crippen LogP contribution in [0.25, 0.3) is 0 Å². The number of nitrogens with zero attached hydrogens (tertiary/aromatic N) is 2. The van der Waals surface area contributed by atoms with Gasteiger partial charge in [-0.25, -0.2) is 9.15 Å². The van der Waals surface area contributed by atoms with Crippen molar-refractivity contribution in [2.75, 3.05) is 28.3 Å². The zero-order valence-electron chi connectivity index (χ0n) is 20.0. The van der Waals surface area contributed by atoms with E-state index in [2.05, 4.69) is 78.6 Å². The topological polar surface area (TPSA) is 24.5 Å². The molecule has 0 bridgehead atoms. The maximum Gasteiger partial charge on any atom is 0.219 e. The molecule has 0 N–H and O–H groups in total. The molecule has 0 spiro atoms. The largest absolute Gasteiger partial charge is 0.501 e. The molecule has 0 saturated carbocycles. The van der Waals surface area contributed by atoms with Crippen molar-refractivity contribution in [1.29, 1.82) is 0 Å².